The zero-order chi connectivity index (χ0) is 22.1. The fourth-order valence-corrected chi connectivity index (χ4v) is 3.54. The van der Waals surface area contributed by atoms with E-state index in [4.69, 9.17) is 46.4 Å². The van der Waals surface area contributed by atoms with Crippen molar-refractivity contribution in [1.82, 2.24) is 20.0 Å². The molecule has 0 radical (unpaired) electrons. The molecular formula is C20H12Cl4FN5O. The van der Waals surface area contributed by atoms with Gasteiger partial charge in [-0.2, -0.15) is 10.2 Å². The number of anilines is 1. The van der Waals surface area contributed by atoms with Crippen molar-refractivity contribution >= 4 is 58.1 Å². The molecule has 0 aliphatic carbocycles. The van der Waals surface area contributed by atoms with Crippen LogP contribution in [0.2, 0.25) is 20.1 Å². The fourth-order valence-electron chi connectivity index (χ4n) is 2.82. The number of benzene rings is 2. The molecule has 11 heteroatoms. The number of nitrogens with zero attached hydrogens (tertiary/aromatic N) is 3. The van der Waals surface area contributed by atoms with Crippen LogP contribution in [0.25, 0.3) is 11.3 Å². The van der Waals surface area contributed by atoms with Crippen LogP contribution in [0.4, 0.5) is 10.2 Å². The molecular weight excluding hydrogens is 487 g/mol. The largest absolute Gasteiger partial charge is 0.302 e. The SMILES string of the molecule is O=C(Nc1nn(Cc2c(F)cccc2Cl)cc1Cl)c1cc(-c2ccc(Cl)c(Cl)c2)n[nH]1. The first-order valence-electron chi connectivity index (χ1n) is 8.80. The van der Waals surface area contributed by atoms with Gasteiger partial charge in [0.15, 0.2) is 5.82 Å². The first-order chi connectivity index (χ1) is 14.8. The van der Waals surface area contributed by atoms with Gasteiger partial charge in [-0.3, -0.25) is 14.6 Å². The summed E-state index contributed by atoms with van der Waals surface area (Å²) in [6.45, 7) is 0.0482. The summed E-state index contributed by atoms with van der Waals surface area (Å²) < 4.78 is 15.4. The van der Waals surface area contributed by atoms with Gasteiger partial charge in [0.25, 0.3) is 5.91 Å². The number of nitrogens with one attached hydrogen (secondary N) is 2. The molecule has 6 nitrogen and oxygen atoms in total. The van der Waals surface area contributed by atoms with E-state index in [1.54, 1.807) is 30.3 Å². The lowest BCUT2D eigenvalue weighted by Crippen LogP contribution is -2.13. The number of hydrogen-bond acceptors (Lipinski definition) is 3. The van der Waals surface area contributed by atoms with E-state index in [1.165, 1.54) is 23.0 Å². The molecule has 4 aromatic rings. The van der Waals surface area contributed by atoms with E-state index in [2.05, 4.69) is 20.6 Å². The van der Waals surface area contributed by atoms with Gasteiger partial charge in [-0.1, -0.05) is 58.5 Å². The Kier molecular flexibility index (Phi) is 6.20. The molecule has 0 saturated carbocycles. The maximum Gasteiger partial charge on any atom is 0.274 e. The van der Waals surface area contributed by atoms with E-state index >= 15 is 0 Å². The van der Waals surface area contributed by atoms with Crippen molar-refractivity contribution < 1.29 is 9.18 Å². The van der Waals surface area contributed by atoms with Crippen LogP contribution in [0.3, 0.4) is 0 Å². The Balaban J connectivity index is 1.50. The second-order valence-corrected chi connectivity index (χ2v) is 8.10. The van der Waals surface area contributed by atoms with Crippen molar-refractivity contribution in [3.8, 4) is 11.3 Å². The minimum atomic E-state index is -0.505. The zero-order valence-corrected chi connectivity index (χ0v) is 18.5. The van der Waals surface area contributed by atoms with Crippen molar-refractivity contribution in [2.75, 3.05) is 5.32 Å². The van der Waals surface area contributed by atoms with Gasteiger partial charge < -0.3 is 5.32 Å². The van der Waals surface area contributed by atoms with E-state index in [0.717, 1.165) is 0 Å². The lowest BCUT2D eigenvalue weighted by atomic mass is 10.1. The highest BCUT2D eigenvalue weighted by atomic mass is 35.5. The summed E-state index contributed by atoms with van der Waals surface area (Å²) in [7, 11) is 0. The first-order valence-corrected chi connectivity index (χ1v) is 10.3. The van der Waals surface area contributed by atoms with Gasteiger partial charge in [-0.15, -0.1) is 0 Å². The molecule has 0 aliphatic heterocycles. The van der Waals surface area contributed by atoms with Crippen molar-refractivity contribution in [2.45, 2.75) is 6.54 Å². The molecule has 31 heavy (non-hydrogen) atoms. The van der Waals surface area contributed by atoms with Gasteiger partial charge in [-0.05, 0) is 30.3 Å². The van der Waals surface area contributed by atoms with Crippen molar-refractivity contribution in [3.05, 3.63) is 85.8 Å². The summed E-state index contributed by atoms with van der Waals surface area (Å²) in [4.78, 5) is 12.6. The number of carbonyl (C=O) groups excluding carboxylic acids is 1. The van der Waals surface area contributed by atoms with E-state index in [9.17, 15) is 9.18 Å². The first kappa shape index (κ1) is 21.6. The molecule has 4 rings (SSSR count). The number of halogens is 5. The van der Waals surface area contributed by atoms with Crippen LogP contribution in [0, 0.1) is 5.82 Å². The summed E-state index contributed by atoms with van der Waals surface area (Å²) >= 11 is 24.2. The smallest absolute Gasteiger partial charge is 0.274 e. The van der Waals surface area contributed by atoms with Crippen LogP contribution >= 0.6 is 46.4 Å². The average Bonchev–Trinajstić information content (AvgIpc) is 3.34. The lowest BCUT2D eigenvalue weighted by Gasteiger charge is -2.05. The zero-order valence-electron chi connectivity index (χ0n) is 15.5. The van der Waals surface area contributed by atoms with Crippen molar-refractivity contribution in [2.24, 2.45) is 0 Å². The van der Waals surface area contributed by atoms with Crippen molar-refractivity contribution in [3.63, 3.8) is 0 Å². The Hall–Kier alpha value is -2.58. The predicted octanol–water partition coefficient (Wildman–Crippen LogP) is 6.33. The number of carbonyl (C=O) groups is 1. The number of amides is 1. The third kappa shape index (κ3) is 4.70. The third-order valence-electron chi connectivity index (χ3n) is 4.37. The molecule has 0 fully saturated rings. The molecule has 1 amide bonds. The average molecular weight is 499 g/mol. The Morgan fingerprint density at radius 1 is 1.03 bits per heavy atom. The van der Waals surface area contributed by atoms with Crippen LogP contribution in [0.1, 0.15) is 16.1 Å². The van der Waals surface area contributed by atoms with E-state index in [1.807, 2.05) is 0 Å². The quantitative estimate of drug-likeness (QED) is 0.337. The third-order valence-corrected chi connectivity index (χ3v) is 5.74. The van der Waals surface area contributed by atoms with Crippen LogP contribution in [0.5, 0.6) is 0 Å². The number of aromatic nitrogens is 4. The molecule has 2 heterocycles. The number of H-pyrrole nitrogens is 1. The molecule has 158 valence electrons. The Morgan fingerprint density at radius 2 is 1.84 bits per heavy atom. The molecule has 0 atom stereocenters. The number of hydrogen-bond donors (Lipinski definition) is 2. The molecule has 0 unspecified atom stereocenters. The van der Waals surface area contributed by atoms with Gasteiger partial charge in [0.2, 0.25) is 0 Å². The molecule has 0 aliphatic rings. The van der Waals surface area contributed by atoms with E-state index in [-0.39, 0.29) is 33.7 Å². The Morgan fingerprint density at radius 3 is 2.58 bits per heavy atom. The van der Waals surface area contributed by atoms with Gasteiger partial charge in [-0.25, -0.2) is 4.39 Å². The normalized spacial score (nSPS) is 11.0. The topological polar surface area (TPSA) is 75.6 Å². The van der Waals surface area contributed by atoms with Crippen LogP contribution in [-0.4, -0.2) is 25.9 Å². The minimum absolute atomic E-state index is 0.0482. The molecule has 0 spiro atoms. The summed E-state index contributed by atoms with van der Waals surface area (Å²) in [5.74, 6) is -0.850. The fraction of sp³-hybridized carbons (Fsp3) is 0.0500. The van der Waals surface area contributed by atoms with Crippen LogP contribution < -0.4 is 5.32 Å². The highest BCUT2D eigenvalue weighted by Crippen LogP contribution is 2.28. The maximum absolute atomic E-state index is 14.0. The van der Waals surface area contributed by atoms with Gasteiger partial charge in [0.05, 0.1) is 22.3 Å². The van der Waals surface area contributed by atoms with Crippen LogP contribution in [-0.2, 0) is 6.54 Å². The highest BCUT2D eigenvalue weighted by molar-refractivity contribution is 6.42. The predicted molar refractivity (Wildman–Crippen MR) is 120 cm³/mol. The van der Waals surface area contributed by atoms with Gasteiger partial charge in [0.1, 0.15) is 16.5 Å². The van der Waals surface area contributed by atoms with Crippen LogP contribution in [0.15, 0.2) is 48.7 Å². The second-order valence-electron chi connectivity index (χ2n) is 6.47. The number of aromatic amines is 1. The van der Waals surface area contributed by atoms with Gasteiger partial charge in [0, 0.05) is 22.3 Å². The molecule has 2 aromatic carbocycles. The van der Waals surface area contributed by atoms with Crippen molar-refractivity contribution in [1.29, 1.82) is 0 Å². The van der Waals surface area contributed by atoms with Gasteiger partial charge >= 0.3 is 0 Å². The Labute approximate surface area is 195 Å². The lowest BCUT2D eigenvalue weighted by molar-refractivity contribution is 0.102. The summed E-state index contributed by atoms with van der Waals surface area (Å²) in [5.41, 5.74) is 1.65. The number of rotatable bonds is 5. The molecule has 2 N–H and O–H groups in total. The summed E-state index contributed by atoms with van der Waals surface area (Å²) in [5, 5.41) is 14.8. The maximum atomic E-state index is 14.0. The summed E-state index contributed by atoms with van der Waals surface area (Å²) in [6.07, 6.45) is 1.47. The van der Waals surface area contributed by atoms with E-state index in [0.29, 0.717) is 21.3 Å². The monoisotopic (exact) mass is 497 g/mol. The molecule has 0 bridgehead atoms. The highest BCUT2D eigenvalue weighted by Gasteiger charge is 2.17. The molecule has 0 saturated heterocycles. The Bertz CT molecular complexity index is 1270. The minimum Gasteiger partial charge on any atom is -0.302 e. The standard InChI is InChI=1S/C20H12Cl4FN5O/c21-12-2-1-3-16(25)11(12)8-30-9-15(24)19(29-30)26-20(31)18-7-17(27-28-18)10-4-5-13(22)14(23)6-10/h1-7,9H,8H2,(H,27,28)(H,26,29,31). The second kappa shape index (κ2) is 8.88. The summed E-state index contributed by atoms with van der Waals surface area (Å²) in [6, 6.07) is 11.0. The molecule has 2 aromatic heterocycles. The van der Waals surface area contributed by atoms with E-state index < -0.39 is 11.7 Å².